The summed E-state index contributed by atoms with van der Waals surface area (Å²) < 4.78 is 0. The van der Waals surface area contributed by atoms with E-state index in [-0.39, 0.29) is 11.9 Å². The lowest BCUT2D eigenvalue weighted by Crippen LogP contribution is -2.41. The Balaban J connectivity index is 2.77. The number of hydrogen-bond acceptors (Lipinski definition) is 3. The molecule has 0 aliphatic rings. The highest BCUT2D eigenvalue weighted by Crippen LogP contribution is 2.07. The van der Waals surface area contributed by atoms with E-state index < -0.39 is 5.91 Å². The van der Waals surface area contributed by atoms with E-state index in [0.717, 1.165) is 6.42 Å². The van der Waals surface area contributed by atoms with Crippen molar-refractivity contribution in [2.24, 2.45) is 17.4 Å². The Hall–Kier alpha value is -1.88. The molecule has 1 unspecified atom stereocenters. The second-order valence-electron chi connectivity index (χ2n) is 4.98. The predicted octanol–water partition coefficient (Wildman–Crippen LogP) is 0.889. The molecule has 0 bridgehead atoms. The van der Waals surface area contributed by atoms with E-state index in [1.54, 1.807) is 18.2 Å². The van der Waals surface area contributed by atoms with Gasteiger partial charge in [-0.1, -0.05) is 19.9 Å². The van der Waals surface area contributed by atoms with Crippen LogP contribution in [0.15, 0.2) is 24.3 Å². The molecule has 1 aromatic rings. The number of primary amides is 1. The van der Waals surface area contributed by atoms with Crippen molar-refractivity contribution in [2.75, 3.05) is 6.54 Å². The van der Waals surface area contributed by atoms with Crippen molar-refractivity contribution in [1.82, 2.24) is 5.32 Å². The summed E-state index contributed by atoms with van der Waals surface area (Å²) in [6.45, 7) is 4.53. The van der Waals surface area contributed by atoms with Gasteiger partial charge in [-0.3, -0.25) is 9.59 Å². The molecule has 1 atom stereocenters. The van der Waals surface area contributed by atoms with Gasteiger partial charge in [0.2, 0.25) is 5.91 Å². The zero-order valence-corrected chi connectivity index (χ0v) is 11.3. The standard InChI is InChI=1S/C14H21N3O2/c1-9(2)6-12(8-15)17-14(19)11-5-3-4-10(7-11)13(16)18/h3-5,7,9,12H,6,8,15H2,1-2H3,(H2,16,18)(H,17,19). The minimum Gasteiger partial charge on any atom is -0.366 e. The Morgan fingerprint density at radius 3 is 2.42 bits per heavy atom. The maximum atomic E-state index is 12.1. The molecule has 5 heteroatoms. The molecule has 104 valence electrons. The lowest BCUT2D eigenvalue weighted by atomic mass is 10.0. The van der Waals surface area contributed by atoms with Gasteiger partial charge in [0, 0.05) is 23.7 Å². The van der Waals surface area contributed by atoms with Gasteiger partial charge in [-0.25, -0.2) is 0 Å². The van der Waals surface area contributed by atoms with Crippen molar-refractivity contribution in [3.05, 3.63) is 35.4 Å². The Kier molecular flexibility index (Phi) is 5.51. The number of rotatable bonds is 6. The van der Waals surface area contributed by atoms with Gasteiger partial charge in [-0.15, -0.1) is 0 Å². The molecule has 1 rings (SSSR count). The first kappa shape index (κ1) is 15.2. The molecule has 2 amide bonds. The number of carbonyl (C=O) groups excluding carboxylic acids is 2. The second-order valence-corrected chi connectivity index (χ2v) is 4.98. The summed E-state index contributed by atoms with van der Waals surface area (Å²) in [4.78, 5) is 23.1. The number of amides is 2. The van der Waals surface area contributed by atoms with Crippen molar-refractivity contribution in [2.45, 2.75) is 26.3 Å². The Morgan fingerprint density at radius 2 is 1.89 bits per heavy atom. The second kappa shape index (κ2) is 6.89. The molecular formula is C14H21N3O2. The highest BCUT2D eigenvalue weighted by atomic mass is 16.2. The molecule has 0 aromatic heterocycles. The molecule has 0 aliphatic carbocycles. The molecule has 5 N–H and O–H groups in total. The van der Waals surface area contributed by atoms with Crippen LogP contribution in [0.2, 0.25) is 0 Å². The van der Waals surface area contributed by atoms with Crippen molar-refractivity contribution >= 4 is 11.8 Å². The first-order valence-corrected chi connectivity index (χ1v) is 6.34. The van der Waals surface area contributed by atoms with Crippen molar-refractivity contribution in [1.29, 1.82) is 0 Å². The van der Waals surface area contributed by atoms with Gasteiger partial charge in [0.25, 0.3) is 5.91 Å². The molecule has 0 saturated heterocycles. The number of hydrogen-bond donors (Lipinski definition) is 3. The van der Waals surface area contributed by atoms with Crippen LogP contribution < -0.4 is 16.8 Å². The molecular weight excluding hydrogens is 242 g/mol. The van der Waals surface area contributed by atoms with Crippen LogP contribution in [0.3, 0.4) is 0 Å². The first-order chi connectivity index (χ1) is 8.93. The molecule has 1 aromatic carbocycles. The van der Waals surface area contributed by atoms with Crippen LogP contribution in [0.25, 0.3) is 0 Å². The quantitative estimate of drug-likeness (QED) is 0.710. The summed E-state index contributed by atoms with van der Waals surface area (Å²) in [6, 6.07) is 6.28. The molecule has 19 heavy (non-hydrogen) atoms. The molecule has 0 fully saturated rings. The largest absolute Gasteiger partial charge is 0.366 e. The normalized spacial score (nSPS) is 12.2. The number of nitrogens with one attached hydrogen (secondary N) is 1. The van der Waals surface area contributed by atoms with E-state index in [1.165, 1.54) is 6.07 Å². The van der Waals surface area contributed by atoms with E-state index in [9.17, 15) is 9.59 Å². The monoisotopic (exact) mass is 263 g/mol. The van der Waals surface area contributed by atoms with Crippen LogP contribution >= 0.6 is 0 Å². The zero-order chi connectivity index (χ0) is 14.4. The lowest BCUT2D eigenvalue weighted by Gasteiger charge is -2.18. The summed E-state index contributed by atoms with van der Waals surface area (Å²) in [5, 5.41) is 2.86. The fourth-order valence-corrected chi connectivity index (χ4v) is 1.87. The third-order valence-electron chi connectivity index (χ3n) is 2.78. The van der Waals surface area contributed by atoms with E-state index in [1.807, 2.05) is 0 Å². The van der Waals surface area contributed by atoms with Crippen molar-refractivity contribution in [3.63, 3.8) is 0 Å². The number of carbonyl (C=O) groups is 2. The Bertz CT molecular complexity index is 458. The summed E-state index contributed by atoms with van der Waals surface area (Å²) >= 11 is 0. The highest BCUT2D eigenvalue weighted by molar-refractivity contribution is 5.99. The van der Waals surface area contributed by atoms with E-state index in [0.29, 0.717) is 23.6 Å². The van der Waals surface area contributed by atoms with Gasteiger partial charge in [-0.2, -0.15) is 0 Å². The fraction of sp³-hybridized carbons (Fsp3) is 0.429. The Labute approximate surface area is 113 Å². The topological polar surface area (TPSA) is 98.2 Å². The fourth-order valence-electron chi connectivity index (χ4n) is 1.87. The van der Waals surface area contributed by atoms with E-state index in [2.05, 4.69) is 19.2 Å². The highest BCUT2D eigenvalue weighted by Gasteiger charge is 2.14. The van der Waals surface area contributed by atoms with Crippen LogP contribution in [-0.4, -0.2) is 24.4 Å². The van der Waals surface area contributed by atoms with Gasteiger partial charge in [-0.05, 0) is 30.5 Å². The van der Waals surface area contributed by atoms with Crippen molar-refractivity contribution in [3.8, 4) is 0 Å². The Morgan fingerprint density at radius 1 is 1.26 bits per heavy atom. The SMILES string of the molecule is CC(C)CC(CN)NC(=O)c1cccc(C(N)=O)c1. The van der Waals surface area contributed by atoms with E-state index in [4.69, 9.17) is 11.5 Å². The van der Waals surface area contributed by atoms with Gasteiger partial charge in [0.15, 0.2) is 0 Å². The third-order valence-corrected chi connectivity index (χ3v) is 2.78. The first-order valence-electron chi connectivity index (χ1n) is 6.34. The zero-order valence-electron chi connectivity index (χ0n) is 11.3. The predicted molar refractivity (Wildman–Crippen MR) is 74.7 cm³/mol. The van der Waals surface area contributed by atoms with Gasteiger partial charge >= 0.3 is 0 Å². The molecule has 0 spiro atoms. The molecule has 0 aliphatic heterocycles. The number of nitrogens with two attached hydrogens (primary N) is 2. The van der Waals surface area contributed by atoms with E-state index >= 15 is 0 Å². The lowest BCUT2D eigenvalue weighted by molar-refractivity contribution is 0.0933. The van der Waals surface area contributed by atoms with Crippen LogP contribution in [0.4, 0.5) is 0 Å². The molecule has 0 saturated carbocycles. The molecule has 0 heterocycles. The summed E-state index contributed by atoms with van der Waals surface area (Å²) in [6.07, 6.45) is 0.817. The summed E-state index contributed by atoms with van der Waals surface area (Å²) in [5.74, 6) is -0.336. The average molecular weight is 263 g/mol. The average Bonchev–Trinajstić information content (AvgIpc) is 2.37. The third kappa shape index (κ3) is 4.71. The van der Waals surface area contributed by atoms with Gasteiger partial charge in [0.05, 0.1) is 0 Å². The maximum Gasteiger partial charge on any atom is 0.251 e. The van der Waals surface area contributed by atoms with Crippen molar-refractivity contribution < 1.29 is 9.59 Å². The van der Waals surface area contributed by atoms with Crippen LogP contribution in [0, 0.1) is 5.92 Å². The smallest absolute Gasteiger partial charge is 0.251 e. The minimum absolute atomic E-state index is 0.0651. The van der Waals surface area contributed by atoms with Crippen LogP contribution in [0.1, 0.15) is 41.0 Å². The molecule has 5 nitrogen and oxygen atoms in total. The summed E-state index contributed by atoms with van der Waals surface area (Å²) in [5.41, 5.74) is 11.6. The summed E-state index contributed by atoms with van der Waals surface area (Å²) in [7, 11) is 0. The van der Waals surface area contributed by atoms with Crippen LogP contribution in [-0.2, 0) is 0 Å². The molecule has 0 radical (unpaired) electrons. The minimum atomic E-state index is -0.549. The maximum absolute atomic E-state index is 12.1. The van der Waals surface area contributed by atoms with Gasteiger partial charge in [0.1, 0.15) is 0 Å². The van der Waals surface area contributed by atoms with Gasteiger partial charge < -0.3 is 16.8 Å². The van der Waals surface area contributed by atoms with Crippen LogP contribution in [0.5, 0.6) is 0 Å². The number of benzene rings is 1.